The lowest BCUT2D eigenvalue weighted by Gasteiger charge is -1.95. The van der Waals surface area contributed by atoms with Gasteiger partial charge in [0.15, 0.2) is 0 Å². The van der Waals surface area contributed by atoms with Gasteiger partial charge in [-0.15, -0.1) is 0 Å². The van der Waals surface area contributed by atoms with Gasteiger partial charge in [-0.25, -0.2) is 0 Å². The zero-order valence-corrected chi connectivity index (χ0v) is 9.70. The molecule has 0 atom stereocenters. The molecular formula is C7H8Cl3NS. The first kappa shape index (κ1) is 12.2. The third-order valence-electron chi connectivity index (χ3n) is 0.903. The Bertz CT molecular complexity index is 308. The maximum atomic E-state index is 5.61. The second-order valence-corrected chi connectivity index (χ2v) is 3.21. The summed E-state index contributed by atoms with van der Waals surface area (Å²) in [5, 5.41) is 1.10. The molecule has 0 saturated heterocycles. The van der Waals surface area contributed by atoms with Crippen molar-refractivity contribution in [3.8, 4) is 0 Å². The van der Waals surface area contributed by atoms with Gasteiger partial charge in [0.05, 0.1) is 10.0 Å². The minimum atomic E-state index is 0.316. The maximum Gasteiger partial charge on any atom is 0.126 e. The van der Waals surface area contributed by atoms with E-state index in [2.05, 4.69) is 4.98 Å². The largest absolute Gasteiger partial charge is 0.335 e. The average molecular weight is 245 g/mol. The summed E-state index contributed by atoms with van der Waals surface area (Å²) in [6.07, 6.45) is 0. The number of hydrogen-bond acceptors (Lipinski definition) is 1. The molecule has 5 heteroatoms. The molecule has 0 fully saturated rings. The van der Waals surface area contributed by atoms with Gasteiger partial charge >= 0.3 is 0 Å². The zero-order chi connectivity index (χ0) is 9.72. The van der Waals surface area contributed by atoms with Crippen molar-refractivity contribution >= 4 is 47.0 Å². The molecule has 1 heterocycles. The number of halogens is 3. The second-order valence-electron chi connectivity index (χ2n) is 1.61. The Kier molecular flexibility index (Phi) is 5.93. The van der Waals surface area contributed by atoms with Gasteiger partial charge in [-0.1, -0.05) is 60.9 Å². The second kappa shape index (κ2) is 5.81. The van der Waals surface area contributed by atoms with Crippen molar-refractivity contribution < 1.29 is 0 Å². The van der Waals surface area contributed by atoms with Crippen LogP contribution in [0.2, 0.25) is 15.2 Å². The first-order valence-electron chi connectivity index (χ1n) is 3.35. The van der Waals surface area contributed by atoms with E-state index in [-0.39, 0.29) is 0 Å². The molecular weight excluding hydrogens is 237 g/mol. The number of rotatable bonds is 0. The third-order valence-corrected chi connectivity index (χ3v) is 2.33. The van der Waals surface area contributed by atoms with E-state index in [0.29, 0.717) is 19.8 Å². The molecule has 0 bridgehead atoms. The fraction of sp³-hybridized carbons (Fsp3) is 0.286. The van der Waals surface area contributed by atoms with Crippen LogP contribution in [0.3, 0.4) is 0 Å². The minimum absolute atomic E-state index is 0.316. The Labute approximate surface area is 91.7 Å². The van der Waals surface area contributed by atoms with Gasteiger partial charge in [-0.3, -0.25) is 0 Å². The topological polar surface area (TPSA) is 15.8 Å². The van der Waals surface area contributed by atoms with Crippen LogP contribution in [0.4, 0.5) is 0 Å². The highest BCUT2D eigenvalue weighted by molar-refractivity contribution is 7.71. The van der Waals surface area contributed by atoms with Crippen molar-refractivity contribution in [2.45, 2.75) is 13.8 Å². The molecule has 0 saturated carbocycles. The SMILES string of the molecule is CC.S=c1[nH]c(Cl)c(Cl)cc1Cl. The minimum Gasteiger partial charge on any atom is -0.335 e. The maximum absolute atomic E-state index is 5.61. The van der Waals surface area contributed by atoms with Crippen LogP contribution in [0.1, 0.15) is 13.8 Å². The Morgan fingerprint density at radius 3 is 2.08 bits per heavy atom. The fourth-order valence-corrected chi connectivity index (χ4v) is 1.19. The van der Waals surface area contributed by atoms with E-state index < -0.39 is 0 Å². The summed E-state index contributed by atoms with van der Waals surface area (Å²) in [7, 11) is 0. The number of aromatic nitrogens is 1. The highest BCUT2D eigenvalue weighted by Crippen LogP contribution is 2.23. The Hall–Kier alpha value is 0.240. The van der Waals surface area contributed by atoms with Crippen molar-refractivity contribution in [1.82, 2.24) is 4.98 Å². The lowest BCUT2D eigenvalue weighted by atomic mass is 10.5. The number of pyridine rings is 1. The van der Waals surface area contributed by atoms with Crippen LogP contribution in [-0.4, -0.2) is 4.98 Å². The normalized spacial score (nSPS) is 8.75. The van der Waals surface area contributed by atoms with Crippen LogP contribution in [0.25, 0.3) is 0 Å². The van der Waals surface area contributed by atoms with Crippen LogP contribution >= 0.6 is 47.0 Å². The summed E-state index contributed by atoms with van der Waals surface area (Å²) in [6.45, 7) is 4.00. The molecule has 0 aliphatic rings. The highest BCUT2D eigenvalue weighted by Gasteiger charge is 1.98. The summed E-state index contributed by atoms with van der Waals surface area (Å²) < 4.78 is 0.399. The first-order chi connectivity index (χ1) is 5.61. The van der Waals surface area contributed by atoms with Gasteiger partial charge in [-0.05, 0) is 6.07 Å². The molecule has 0 amide bonds. The van der Waals surface area contributed by atoms with Crippen LogP contribution in [-0.2, 0) is 0 Å². The molecule has 0 aromatic carbocycles. The van der Waals surface area contributed by atoms with Crippen LogP contribution < -0.4 is 0 Å². The van der Waals surface area contributed by atoms with Gasteiger partial charge in [0, 0.05) is 0 Å². The molecule has 0 aliphatic carbocycles. The monoisotopic (exact) mass is 243 g/mol. The molecule has 0 unspecified atom stereocenters. The summed E-state index contributed by atoms with van der Waals surface area (Å²) in [4.78, 5) is 2.62. The quantitative estimate of drug-likeness (QED) is 0.515. The molecule has 0 spiro atoms. The lowest BCUT2D eigenvalue weighted by Crippen LogP contribution is -1.78. The molecule has 0 aliphatic heterocycles. The highest BCUT2D eigenvalue weighted by atomic mass is 35.5. The fourth-order valence-electron chi connectivity index (χ4n) is 0.459. The summed E-state index contributed by atoms with van der Waals surface area (Å²) in [5.41, 5.74) is 0. The van der Waals surface area contributed by atoms with Gasteiger partial charge in [0.2, 0.25) is 0 Å². The Morgan fingerprint density at radius 1 is 1.17 bits per heavy atom. The summed E-state index contributed by atoms with van der Waals surface area (Å²) in [6, 6.07) is 1.50. The van der Waals surface area contributed by atoms with Crippen molar-refractivity contribution in [2.75, 3.05) is 0 Å². The van der Waals surface area contributed by atoms with Gasteiger partial charge in [-0.2, -0.15) is 0 Å². The summed E-state index contributed by atoms with van der Waals surface area (Å²) in [5.74, 6) is 0. The molecule has 1 aromatic rings. The number of aromatic amines is 1. The molecule has 12 heavy (non-hydrogen) atoms. The summed E-state index contributed by atoms with van der Waals surface area (Å²) >= 11 is 21.5. The van der Waals surface area contributed by atoms with Gasteiger partial charge in [0.1, 0.15) is 9.79 Å². The van der Waals surface area contributed by atoms with Crippen molar-refractivity contribution in [2.24, 2.45) is 0 Å². The van der Waals surface area contributed by atoms with Crippen LogP contribution in [0, 0.1) is 4.64 Å². The molecule has 1 aromatic heterocycles. The standard InChI is InChI=1S/C5H2Cl3NS.C2H6/c6-2-1-3(7)5(10)9-4(2)8;1-2/h1H,(H,9,10);1-2H3. The van der Waals surface area contributed by atoms with E-state index in [0.717, 1.165) is 0 Å². The van der Waals surface area contributed by atoms with Crippen molar-refractivity contribution in [1.29, 1.82) is 0 Å². The molecule has 1 N–H and O–H groups in total. The van der Waals surface area contributed by atoms with Crippen molar-refractivity contribution in [3.63, 3.8) is 0 Å². The third kappa shape index (κ3) is 3.31. The number of H-pyrrole nitrogens is 1. The molecule has 1 rings (SSSR count). The van der Waals surface area contributed by atoms with Gasteiger partial charge in [0.25, 0.3) is 0 Å². The molecule has 1 nitrogen and oxygen atoms in total. The number of nitrogens with one attached hydrogen (secondary N) is 1. The van der Waals surface area contributed by atoms with E-state index >= 15 is 0 Å². The van der Waals surface area contributed by atoms with E-state index in [9.17, 15) is 0 Å². The predicted octanol–water partition coefficient (Wildman–Crippen LogP) is 4.73. The van der Waals surface area contributed by atoms with E-state index in [1.807, 2.05) is 13.8 Å². The smallest absolute Gasteiger partial charge is 0.126 e. The van der Waals surface area contributed by atoms with E-state index in [1.165, 1.54) is 6.07 Å². The Morgan fingerprint density at radius 2 is 1.67 bits per heavy atom. The van der Waals surface area contributed by atoms with Crippen LogP contribution in [0.15, 0.2) is 6.07 Å². The van der Waals surface area contributed by atoms with E-state index in [4.69, 9.17) is 47.0 Å². The first-order valence-corrected chi connectivity index (χ1v) is 4.89. The van der Waals surface area contributed by atoms with E-state index in [1.54, 1.807) is 0 Å². The molecule has 0 radical (unpaired) electrons. The lowest BCUT2D eigenvalue weighted by molar-refractivity contribution is 1.30. The van der Waals surface area contributed by atoms with Crippen molar-refractivity contribution in [3.05, 3.63) is 25.9 Å². The molecule has 68 valence electrons. The number of hydrogen-bond donors (Lipinski definition) is 1. The van der Waals surface area contributed by atoms with Gasteiger partial charge < -0.3 is 4.98 Å². The average Bonchev–Trinajstić information content (AvgIpc) is 2.05. The predicted molar refractivity (Wildman–Crippen MR) is 58.0 cm³/mol. The Balaban J connectivity index is 0.000000561. The van der Waals surface area contributed by atoms with Crippen LogP contribution in [0.5, 0.6) is 0 Å². The zero-order valence-electron chi connectivity index (χ0n) is 6.62.